The van der Waals surface area contributed by atoms with Gasteiger partial charge in [0.1, 0.15) is 0 Å². The van der Waals surface area contributed by atoms with E-state index in [1.807, 2.05) is 7.05 Å². The van der Waals surface area contributed by atoms with Gasteiger partial charge in [-0.1, -0.05) is 6.92 Å². The van der Waals surface area contributed by atoms with Crippen LogP contribution in [0, 0.1) is 11.3 Å². The molecule has 0 aromatic carbocycles. The average molecular weight is 226 g/mol. The van der Waals surface area contributed by atoms with Crippen LogP contribution in [-0.2, 0) is 0 Å². The third kappa shape index (κ3) is 6.06. The van der Waals surface area contributed by atoms with Gasteiger partial charge in [0.2, 0.25) is 0 Å². The van der Waals surface area contributed by atoms with E-state index in [-0.39, 0.29) is 6.04 Å². The largest absolute Gasteiger partial charge is 0.308 e. The summed E-state index contributed by atoms with van der Waals surface area (Å²) in [6.07, 6.45) is 0.888. The van der Waals surface area contributed by atoms with Crippen LogP contribution in [0.2, 0.25) is 0 Å². The lowest BCUT2D eigenvalue weighted by Crippen LogP contribution is -2.42. The molecule has 0 radical (unpaired) electrons. The van der Waals surface area contributed by atoms with Gasteiger partial charge in [-0.15, -0.1) is 0 Å². The van der Waals surface area contributed by atoms with E-state index < -0.39 is 0 Å². The van der Waals surface area contributed by atoms with Crippen LogP contribution in [0.1, 0.15) is 20.3 Å². The minimum absolute atomic E-state index is 0.0272. The monoisotopic (exact) mass is 226 g/mol. The van der Waals surface area contributed by atoms with Crippen molar-refractivity contribution in [2.45, 2.75) is 32.4 Å². The molecule has 0 spiro atoms. The predicted octanol–water partition coefficient (Wildman–Crippen LogP) is 0.760. The normalized spacial score (nSPS) is 15.1. The van der Waals surface area contributed by atoms with Gasteiger partial charge >= 0.3 is 0 Å². The molecule has 0 bridgehead atoms. The Balaban J connectivity index is 4.04. The Labute approximate surface area is 100 Å². The van der Waals surface area contributed by atoms with Crippen LogP contribution < -0.4 is 5.32 Å². The van der Waals surface area contributed by atoms with E-state index in [9.17, 15) is 0 Å². The van der Waals surface area contributed by atoms with Crippen LogP contribution in [0.5, 0.6) is 0 Å². The van der Waals surface area contributed by atoms with E-state index >= 15 is 0 Å². The molecule has 0 aromatic rings. The predicted molar refractivity (Wildman–Crippen MR) is 68.3 cm³/mol. The molecule has 0 aliphatic rings. The molecule has 4 nitrogen and oxygen atoms in total. The zero-order valence-electron chi connectivity index (χ0n) is 11.3. The molecule has 1 N–H and O–H groups in total. The molecule has 16 heavy (non-hydrogen) atoms. The number of nitriles is 1. The summed E-state index contributed by atoms with van der Waals surface area (Å²) in [7, 11) is 6.03. The van der Waals surface area contributed by atoms with Crippen LogP contribution in [-0.4, -0.2) is 62.7 Å². The first-order valence-electron chi connectivity index (χ1n) is 6.00. The minimum Gasteiger partial charge on any atom is -0.308 e. The zero-order chi connectivity index (χ0) is 12.6. The highest BCUT2D eigenvalue weighted by atomic mass is 15.2. The lowest BCUT2D eigenvalue weighted by atomic mass is 10.2. The summed E-state index contributed by atoms with van der Waals surface area (Å²) in [6, 6.07) is 2.77. The third-order valence-corrected chi connectivity index (χ3v) is 2.87. The molecule has 0 heterocycles. The van der Waals surface area contributed by atoms with Crippen molar-refractivity contribution in [2.24, 2.45) is 0 Å². The molecule has 0 fully saturated rings. The SMILES string of the molecule is CCN(CCC(C#N)NC)C(C)CN(C)C. The summed E-state index contributed by atoms with van der Waals surface area (Å²) in [4.78, 5) is 4.62. The Kier molecular flexibility index (Phi) is 8.18. The number of hydrogen-bond donors (Lipinski definition) is 1. The first kappa shape index (κ1) is 15.4. The van der Waals surface area contributed by atoms with Crippen molar-refractivity contribution in [3.8, 4) is 6.07 Å². The Bertz CT molecular complexity index is 210. The highest BCUT2D eigenvalue weighted by Gasteiger charge is 2.14. The summed E-state index contributed by atoms with van der Waals surface area (Å²) >= 11 is 0. The Morgan fingerprint density at radius 1 is 1.38 bits per heavy atom. The number of hydrogen-bond acceptors (Lipinski definition) is 4. The fourth-order valence-corrected chi connectivity index (χ4v) is 1.90. The molecule has 0 aromatic heterocycles. The quantitative estimate of drug-likeness (QED) is 0.663. The van der Waals surface area contributed by atoms with Gasteiger partial charge in [-0.3, -0.25) is 4.90 Å². The summed E-state index contributed by atoms with van der Waals surface area (Å²) in [5.74, 6) is 0. The summed E-state index contributed by atoms with van der Waals surface area (Å²) in [5, 5.41) is 11.9. The van der Waals surface area contributed by atoms with Gasteiger partial charge < -0.3 is 10.2 Å². The highest BCUT2D eigenvalue weighted by Crippen LogP contribution is 2.03. The summed E-state index contributed by atoms with van der Waals surface area (Å²) < 4.78 is 0. The summed E-state index contributed by atoms with van der Waals surface area (Å²) in [5.41, 5.74) is 0. The molecule has 0 saturated carbocycles. The van der Waals surface area contributed by atoms with E-state index in [1.165, 1.54) is 0 Å². The molecule has 0 saturated heterocycles. The van der Waals surface area contributed by atoms with Crippen LogP contribution in [0.3, 0.4) is 0 Å². The molecule has 4 heteroatoms. The van der Waals surface area contributed by atoms with Crippen molar-refractivity contribution in [3.63, 3.8) is 0 Å². The third-order valence-electron chi connectivity index (χ3n) is 2.87. The minimum atomic E-state index is -0.0272. The second-order valence-electron chi connectivity index (χ2n) is 4.50. The Morgan fingerprint density at radius 3 is 2.38 bits per heavy atom. The van der Waals surface area contributed by atoms with Gasteiger partial charge in [0.15, 0.2) is 0 Å². The number of rotatable bonds is 8. The Hall–Kier alpha value is -0.630. The molecule has 0 rings (SSSR count). The number of likely N-dealkylation sites (N-methyl/N-ethyl adjacent to an activating group) is 2. The molecule has 0 aliphatic carbocycles. The average Bonchev–Trinajstić information content (AvgIpc) is 2.23. The second-order valence-corrected chi connectivity index (χ2v) is 4.50. The summed E-state index contributed by atoms with van der Waals surface area (Å²) in [6.45, 7) is 7.49. The van der Waals surface area contributed by atoms with E-state index in [0.29, 0.717) is 6.04 Å². The smallest absolute Gasteiger partial charge is 0.0962 e. The van der Waals surface area contributed by atoms with Crippen LogP contribution in [0.25, 0.3) is 0 Å². The molecule has 0 amide bonds. The number of nitrogens with zero attached hydrogens (tertiary/aromatic N) is 3. The Morgan fingerprint density at radius 2 is 2.00 bits per heavy atom. The highest BCUT2D eigenvalue weighted by molar-refractivity contribution is 4.89. The van der Waals surface area contributed by atoms with Crippen LogP contribution >= 0.6 is 0 Å². The molecular weight excluding hydrogens is 200 g/mol. The molecule has 2 atom stereocenters. The number of nitrogens with one attached hydrogen (secondary N) is 1. The molecule has 0 aliphatic heterocycles. The van der Waals surface area contributed by atoms with Gasteiger partial charge in [-0.25, -0.2) is 0 Å². The molecule has 94 valence electrons. The maximum Gasteiger partial charge on any atom is 0.0962 e. The first-order chi connectivity index (χ1) is 7.54. The molecule has 2 unspecified atom stereocenters. The fraction of sp³-hybridized carbons (Fsp3) is 0.917. The van der Waals surface area contributed by atoms with Gasteiger partial charge in [-0.2, -0.15) is 5.26 Å². The zero-order valence-corrected chi connectivity index (χ0v) is 11.3. The second kappa shape index (κ2) is 8.51. The van der Waals surface area contributed by atoms with Gasteiger partial charge in [-0.05, 0) is 41.0 Å². The fourth-order valence-electron chi connectivity index (χ4n) is 1.90. The van der Waals surface area contributed by atoms with E-state index in [4.69, 9.17) is 5.26 Å². The van der Waals surface area contributed by atoms with Gasteiger partial charge in [0.05, 0.1) is 12.1 Å². The van der Waals surface area contributed by atoms with Crippen LogP contribution in [0.15, 0.2) is 0 Å². The van der Waals surface area contributed by atoms with E-state index in [1.54, 1.807) is 0 Å². The van der Waals surface area contributed by atoms with Crippen molar-refractivity contribution in [2.75, 3.05) is 40.8 Å². The molecular formula is C12H26N4. The van der Waals surface area contributed by atoms with Crippen molar-refractivity contribution >= 4 is 0 Å². The topological polar surface area (TPSA) is 42.3 Å². The van der Waals surface area contributed by atoms with Gasteiger partial charge in [0.25, 0.3) is 0 Å². The lowest BCUT2D eigenvalue weighted by Gasteiger charge is -2.30. The van der Waals surface area contributed by atoms with Crippen molar-refractivity contribution in [1.29, 1.82) is 5.26 Å². The van der Waals surface area contributed by atoms with Crippen LogP contribution in [0.4, 0.5) is 0 Å². The van der Waals surface area contributed by atoms with Crippen molar-refractivity contribution in [1.82, 2.24) is 15.1 Å². The standard InChI is InChI=1S/C12H26N4/c1-6-16(11(2)10-15(4)5)8-7-12(9-13)14-3/h11-12,14H,6-8,10H2,1-5H3. The maximum absolute atomic E-state index is 8.86. The maximum atomic E-state index is 8.86. The van der Waals surface area contributed by atoms with Crippen molar-refractivity contribution < 1.29 is 0 Å². The van der Waals surface area contributed by atoms with E-state index in [2.05, 4.69) is 49.1 Å². The van der Waals surface area contributed by atoms with E-state index in [0.717, 1.165) is 26.1 Å². The van der Waals surface area contributed by atoms with Crippen molar-refractivity contribution in [3.05, 3.63) is 0 Å². The van der Waals surface area contributed by atoms with Gasteiger partial charge in [0, 0.05) is 19.1 Å². The lowest BCUT2D eigenvalue weighted by molar-refractivity contribution is 0.177. The first-order valence-corrected chi connectivity index (χ1v) is 6.00.